The number of carbonyl (C=O) groups excluding carboxylic acids is 1. The molecule has 0 aromatic heterocycles. The SMILES string of the molecule is CCOC(=O)N1CCC(NC(N)=NCC2(c3ccccc3)CCCC2)CC1.I. The average molecular weight is 500 g/mol. The molecule has 0 radical (unpaired) electrons. The van der Waals surface area contributed by atoms with Crippen LogP contribution < -0.4 is 11.1 Å². The molecule has 0 spiro atoms. The minimum atomic E-state index is -0.219. The molecule has 1 aliphatic carbocycles. The number of nitrogens with one attached hydrogen (secondary N) is 1. The lowest BCUT2D eigenvalue weighted by Crippen LogP contribution is -2.48. The molecule has 28 heavy (non-hydrogen) atoms. The van der Waals surface area contributed by atoms with E-state index < -0.39 is 0 Å². The van der Waals surface area contributed by atoms with Crippen molar-refractivity contribution in [2.75, 3.05) is 26.2 Å². The number of aliphatic imine (C=N–C) groups is 1. The Bertz CT molecular complexity index is 639. The van der Waals surface area contributed by atoms with Crippen molar-refractivity contribution in [1.29, 1.82) is 0 Å². The van der Waals surface area contributed by atoms with E-state index in [2.05, 4.69) is 35.6 Å². The first-order valence-corrected chi connectivity index (χ1v) is 10.2. The maximum absolute atomic E-state index is 11.8. The fourth-order valence-corrected chi connectivity index (χ4v) is 4.29. The van der Waals surface area contributed by atoms with Crippen molar-refractivity contribution in [3.05, 3.63) is 35.9 Å². The molecule has 1 aromatic carbocycles. The molecule has 1 aromatic rings. The largest absolute Gasteiger partial charge is 0.450 e. The average Bonchev–Trinajstić information content (AvgIpc) is 3.18. The van der Waals surface area contributed by atoms with Gasteiger partial charge in [0.15, 0.2) is 5.96 Å². The minimum Gasteiger partial charge on any atom is -0.450 e. The number of nitrogens with two attached hydrogens (primary N) is 1. The van der Waals surface area contributed by atoms with Gasteiger partial charge in [0.2, 0.25) is 0 Å². The third-order valence-electron chi connectivity index (χ3n) is 5.87. The van der Waals surface area contributed by atoms with Gasteiger partial charge in [0.05, 0.1) is 13.2 Å². The molecule has 6 nitrogen and oxygen atoms in total. The van der Waals surface area contributed by atoms with E-state index in [9.17, 15) is 4.79 Å². The molecule has 3 rings (SSSR count). The number of hydrogen-bond donors (Lipinski definition) is 2. The Hall–Kier alpha value is -1.51. The third-order valence-corrected chi connectivity index (χ3v) is 5.87. The highest BCUT2D eigenvalue weighted by atomic mass is 127. The zero-order valence-corrected chi connectivity index (χ0v) is 19.1. The predicted molar refractivity (Wildman–Crippen MR) is 123 cm³/mol. The second-order valence-corrected chi connectivity index (χ2v) is 7.66. The summed E-state index contributed by atoms with van der Waals surface area (Å²) < 4.78 is 5.06. The Labute approximate surface area is 185 Å². The van der Waals surface area contributed by atoms with Crippen LogP contribution in [0.4, 0.5) is 4.79 Å². The molecule has 0 unspecified atom stereocenters. The van der Waals surface area contributed by atoms with Crippen molar-refractivity contribution in [2.45, 2.75) is 56.9 Å². The number of amides is 1. The smallest absolute Gasteiger partial charge is 0.409 e. The number of guanidine groups is 1. The van der Waals surface area contributed by atoms with Crippen LogP contribution in [0.2, 0.25) is 0 Å². The lowest BCUT2D eigenvalue weighted by Gasteiger charge is -2.32. The summed E-state index contributed by atoms with van der Waals surface area (Å²) in [6.07, 6.45) is 6.35. The molecule has 1 saturated heterocycles. The van der Waals surface area contributed by atoms with Gasteiger partial charge < -0.3 is 20.7 Å². The van der Waals surface area contributed by atoms with Crippen LogP contribution in [0.1, 0.15) is 51.0 Å². The second kappa shape index (κ2) is 10.9. The van der Waals surface area contributed by atoms with Gasteiger partial charge in [-0.2, -0.15) is 0 Å². The molecule has 1 saturated carbocycles. The van der Waals surface area contributed by atoms with Crippen LogP contribution in [0.25, 0.3) is 0 Å². The standard InChI is InChI=1S/C21H32N4O2.HI/c1-2-27-20(26)25-14-10-18(11-15-25)24-19(22)23-16-21(12-6-7-13-21)17-8-4-3-5-9-17;/h3-5,8-9,18H,2,6-7,10-16H2,1H3,(H3,22,23,24);1H. The number of likely N-dealkylation sites (tertiary alicyclic amines) is 1. The van der Waals surface area contributed by atoms with Crippen molar-refractivity contribution < 1.29 is 9.53 Å². The molecule has 7 heteroatoms. The number of benzene rings is 1. The summed E-state index contributed by atoms with van der Waals surface area (Å²) in [6, 6.07) is 11.0. The molecule has 1 heterocycles. The van der Waals surface area contributed by atoms with E-state index in [4.69, 9.17) is 15.5 Å². The first kappa shape index (κ1) is 22.8. The highest BCUT2D eigenvalue weighted by Crippen LogP contribution is 2.41. The molecule has 1 aliphatic heterocycles. The maximum Gasteiger partial charge on any atom is 0.409 e. The van der Waals surface area contributed by atoms with E-state index in [1.165, 1.54) is 31.2 Å². The molecular weight excluding hydrogens is 467 g/mol. The monoisotopic (exact) mass is 500 g/mol. The molecule has 156 valence electrons. The van der Waals surface area contributed by atoms with Crippen LogP contribution in [0.5, 0.6) is 0 Å². The van der Waals surface area contributed by atoms with Gasteiger partial charge >= 0.3 is 6.09 Å². The number of halogens is 1. The maximum atomic E-state index is 11.8. The van der Waals surface area contributed by atoms with Crippen LogP contribution in [-0.4, -0.2) is 49.2 Å². The summed E-state index contributed by atoms with van der Waals surface area (Å²) >= 11 is 0. The lowest BCUT2D eigenvalue weighted by molar-refractivity contribution is 0.0963. The van der Waals surface area contributed by atoms with Gasteiger partial charge in [-0.25, -0.2) is 4.79 Å². The molecule has 3 N–H and O–H groups in total. The van der Waals surface area contributed by atoms with Crippen LogP contribution in [-0.2, 0) is 10.2 Å². The normalized spacial score (nSPS) is 19.8. The van der Waals surface area contributed by atoms with E-state index in [-0.39, 0.29) is 41.5 Å². The van der Waals surface area contributed by atoms with E-state index in [1.807, 2.05) is 6.92 Å². The molecular formula is C21H33IN4O2. The highest BCUT2D eigenvalue weighted by Gasteiger charge is 2.35. The molecule has 2 fully saturated rings. The Morgan fingerprint density at radius 1 is 1.25 bits per heavy atom. The summed E-state index contributed by atoms with van der Waals surface area (Å²) in [7, 11) is 0. The number of carbonyl (C=O) groups is 1. The molecule has 0 bridgehead atoms. The number of ether oxygens (including phenoxy) is 1. The van der Waals surface area contributed by atoms with E-state index >= 15 is 0 Å². The fourth-order valence-electron chi connectivity index (χ4n) is 4.29. The third kappa shape index (κ3) is 5.75. The summed E-state index contributed by atoms with van der Waals surface area (Å²) in [5.41, 5.74) is 7.70. The van der Waals surface area contributed by atoms with Gasteiger partial charge in [0.1, 0.15) is 0 Å². The van der Waals surface area contributed by atoms with Gasteiger partial charge in [0, 0.05) is 24.5 Å². The summed E-state index contributed by atoms with van der Waals surface area (Å²) in [5.74, 6) is 0.520. The zero-order valence-electron chi connectivity index (χ0n) is 16.7. The van der Waals surface area contributed by atoms with E-state index in [0.717, 1.165) is 19.4 Å². The topological polar surface area (TPSA) is 80.0 Å². The second-order valence-electron chi connectivity index (χ2n) is 7.66. The van der Waals surface area contributed by atoms with Gasteiger partial charge in [-0.15, -0.1) is 24.0 Å². The number of hydrogen-bond acceptors (Lipinski definition) is 3. The molecule has 2 aliphatic rings. The van der Waals surface area contributed by atoms with Gasteiger partial charge in [-0.3, -0.25) is 4.99 Å². The van der Waals surface area contributed by atoms with E-state index in [1.54, 1.807) is 4.90 Å². The molecule has 0 atom stereocenters. The predicted octanol–water partition coefficient (Wildman–Crippen LogP) is 3.64. The highest BCUT2D eigenvalue weighted by molar-refractivity contribution is 14.0. The lowest BCUT2D eigenvalue weighted by atomic mass is 9.79. The van der Waals surface area contributed by atoms with Crippen LogP contribution in [0, 0.1) is 0 Å². The van der Waals surface area contributed by atoms with Gasteiger partial charge in [-0.1, -0.05) is 43.2 Å². The number of rotatable bonds is 5. The number of nitrogens with zero attached hydrogens (tertiary/aromatic N) is 2. The quantitative estimate of drug-likeness (QED) is 0.368. The Balaban J connectivity index is 0.00000280. The summed E-state index contributed by atoms with van der Waals surface area (Å²) in [5, 5.41) is 3.35. The zero-order chi connectivity index (χ0) is 19.1. The summed E-state index contributed by atoms with van der Waals surface area (Å²) in [6.45, 7) is 4.36. The fraction of sp³-hybridized carbons (Fsp3) is 0.619. The Morgan fingerprint density at radius 2 is 1.89 bits per heavy atom. The Morgan fingerprint density at radius 3 is 2.50 bits per heavy atom. The first-order chi connectivity index (χ1) is 13.1. The van der Waals surface area contributed by atoms with E-state index in [0.29, 0.717) is 25.7 Å². The summed E-state index contributed by atoms with van der Waals surface area (Å²) in [4.78, 5) is 18.3. The number of piperidine rings is 1. The molecule has 1 amide bonds. The van der Waals surface area contributed by atoms with Gasteiger partial charge in [0.25, 0.3) is 0 Å². The van der Waals surface area contributed by atoms with Crippen molar-refractivity contribution >= 4 is 36.0 Å². The van der Waals surface area contributed by atoms with Crippen LogP contribution >= 0.6 is 24.0 Å². The first-order valence-electron chi connectivity index (χ1n) is 10.2. The van der Waals surface area contributed by atoms with Crippen LogP contribution in [0.3, 0.4) is 0 Å². The van der Waals surface area contributed by atoms with Crippen molar-refractivity contribution in [2.24, 2.45) is 10.7 Å². The van der Waals surface area contributed by atoms with Gasteiger partial charge in [-0.05, 0) is 38.2 Å². The van der Waals surface area contributed by atoms with Crippen LogP contribution in [0.15, 0.2) is 35.3 Å². The van der Waals surface area contributed by atoms with Crippen molar-refractivity contribution in [1.82, 2.24) is 10.2 Å². The van der Waals surface area contributed by atoms with Crippen molar-refractivity contribution in [3.8, 4) is 0 Å². The van der Waals surface area contributed by atoms with Crippen molar-refractivity contribution in [3.63, 3.8) is 0 Å². The Kier molecular flexibility index (Phi) is 8.85. The minimum absolute atomic E-state index is 0.